The Bertz CT molecular complexity index is 212. The summed E-state index contributed by atoms with van der Waals surface area (Å²) in [5, 5.41) is 3.57. The van der Waals surface area contributed by atoms with Crippen LogP contribution in [0.2, 0.25) is 0 Å². The molecule has 0 radical (unpaired) electrons. The molecule has 11 heavy (non-hydrogen) atoms. The van der Waals surface area contributed by atoms with Gasteiger partial charge in [0, 0.05) is 6.04 Å². The van der Waals surface area contributed by atoms with Gasteiger partial charge in [0.05, 0.1) is 0 Å². The van der Waals surface area contributed by atoms with E-state index in [1.807, 2.05) is 0 Å². The third-order valence-corrected chi connectivity index (χ3v) is 2.72. The lowest BCUT2D eigenvalue weighted by Crippen LogP contribution is -2.40. The average Bonchev–Trinajstić information content (AvgIpc) is 2.45. The van der Waals surface area contributed by atoms with Crippen molar-refractivity contribution in [1.82, 2.24) is 5.32 Å². The van der Waals surface area contributed by atoms with Crippen LogP contribution >= 0.6 is 12.2 Å². The van der Waals surface area contributed by atoms with Crippen LogP contribution in [0.15, 0.2) is 12.2 Å². The number of rotatable bonds is 1. The van der Waals surface area contributed by atoms with E-state index < -0.39 is 0 Å². The molecule has 1 saturated carbocycles. The molecule has 2 nitrogen and oxygen atoms in total. The first-order chi connectivity index (χ1) is 5.25. The first kappa shape index (κ1) is 7.10. The summed E-state index contributed by atoms with van der Waals surface area (Å²) in [4.78, 5) is 0. The molecule has 0 aromatic heterocycles. The van der Waals surface area contributed by atoms with E-state index in [1.165, 1.54) is 12.8 Å². The lowest BCUT2D eigenvalue weighted by atomic mass is 10.0. The van der Waals surface area contributed by atoms with Crippen LogP contribution < -0.4 is 11.1 Å². The zero-order valence-corrected chi connectivity index (χ0v) is 7.10. The minimum absolute atomic E-state index is 0.441. The van der Waals surface area contributed by atoms with Crippen molar-refractivity contribution in [1.29, 1.82) is 0 Å². The van der Waals surface area contributed by atoms with E-state index in [2.05, 4.69) is 17.5 Å². The topological polar surface area (TPSA) is 38.0 Å². The summed E-state index contributed by atoms with van der Waals surface area (Å²) < 4.78 is 0. The van der Waals surface area contributed by atoms with Crippen molar-refractivity contribution in [2.24, 2.45) is 17.6 Å². The second-order valence-electron chi connectivity index (χ2n) is 3.40. The molecule has 0 aromatic rings. The highest BCUT2D eigenvalue weighted by Crippen LogP contribution is 2.38. The number of thiocarbonyl (C=S) groups is 1. The molecule has 2 aliphatic rings. The third-order valence-electron chi connectivity index (χ3n) is 2.61. The maximum absolute atomic E-state index is 5.40. The molecular weight excluding hydrogens is 156 g/mol. The van der Waals surface area contributed by atoms with Crippen LogP contribution in [0.5, 0.6) is 0 Å². The Hall–Kier alpha value is -0.570. The van der Waals surface area contributed by atoms with Crippen molar-refractivity contribution >= 4 is 17.3 Å². The molecule has 3 N–H and O–H groups in total. The molecule has 0 aliphatic heterocycles. The van der Waals surface area contributed by atoms with E-state index in [9.17, 15) is 0 Å². The Morgan fingerprint density at radius 1 is 1.45 bits per heavy atom. The van der Waals surface area contributed by atoms with Gasteiger partial charge in [-0.2, -0.15) is 0 Å². The monoisotopic (exact) mass is 168 g/mol. The normalized spacial score (nSPS) is 39.5. The van der Waals surface area contributed by atoms with Gasteiger partial charge in [-0.1, -0.05) is 12.2 Å². The number of nitrogens with two attached hydrogens (primary N) is 1. The fourth-order valence-electron chi connectivity index (χ4n) is 2.13. The van der Waals surface area contributed by atoms with Gasteiger partial charge in [-0.25, -0.2) is 0 Å². The van der Waals surface area contributed by atoms with Crippen molar-refractivity contribution in [3.8, 4) is 0 Å². The number of nitrogens with one attached hydrogen (secondary N) is 1. The number of allylic oxidation sites excluding steroid dienone is 1. The van der Waals surface area contributed by atoms with E-state index in [1.54, 1.807) is 0 Å². The Balaban J connectivity index is 1.98. The van der Waals surface area contributed by atoms with E-state index in [4.69, 9.17) is 18.0 Å². The number of hydrogen-bond donors (Lipinski definition) is 2. The minimum Gasteiger partial charge on any atom is -0.376 e. The van der Waals surface area contributed by atoms with Gasteiger partial charge < -0.3 is 11.1 Å². The van der Waals surface area contributed by atoms with Crippen molar-refractivity contribution < 1.29 is 0 Å². The average molecular weight is 168 g/mol. The maximum Gasteiger partial charge on any atom is 0.163 e. The van der Waals surface area contributed by atoms with Crippen molar-refractivity contribution in [3.63, 3.8) is 0 Å². The fraction of sp³-hybridized carbons (Fsp3) is 0.625. The van der Waals surface area contributed by atoms with Gasteiger partial charge in [0.15, 0.2) is 5.11 Å². The highest BCUT2D eigenvalue weighted by atomic mass is 32.1. The Morgan fingerprint density at radius 3 is 2.73 bits per heavy atom. The zero-order valence-electron chi connectivity index (χ0n) is 6.29. The number of hydrogen-bond acceptors (Lipinski definition) is 1. The van der Waals surface area contributed by atoms with E-state index in [-0.39, 0.29) is 0 Å². The maximum atomic E-state index is 5.40. The summed E-state index contributed by atoms with van der Waals surface area (Å²) in [6.45, 7) is 0. The summed E-state index contributed by atoms with van der Waals surface area (Å²) in [6, 6.07) is 0.516. The standard InChI is InChI=1S/C8H12N2S/c9-8(11)10-7-4-5-1-2-6(7)3-5/h1-2,5-7H,3-4H2,(H3,9,10,11)/t5-,6+,7-/m1/s1. The predicted octanol–water partition coefficient (Wildman–Crippen LogP) is 0.784. The van der Waals surface area contributed by atoms with Gasteiger partial charge in [-0.3, -0.25) is 0 Å². The van der Waals surface area contributed by atoms with Crippen molar-refractivity contribution in [2.75, 3.05) is 0 Å². The van der Waals surface area contributed by atoms with Crippen LogP contribution in [-0.4, -0.2) is 11.2 Å². The summed E-state index contributed by atoms with van der Waals surface area (Å²) in [5.41, 5.74) is 5.40. The van der Waals surface area contributed by atoms with Gasteiger partial charge in [0.2, 0.25) is 0 Å². The molecule has 2 bridgehead atoms. The molecule has 0 spiro atoms. The SMILES string of the molecule is NC(=S)N[C@@H]1C[C@@H]2C=C[C@H]1C2. The van der Waals surface area contributed by atoms with E-state index in [0.717, 1.165) is 5.92 Å². The van der Waals surface area contributed by atoms with Gasteiger partial charge in [0.1, 0.15) is 0 Å². The lowest BCUT2D eigenvalue weighted by Gasteiger charge is -2.19. The molecule has 2 rings (SSSR count). The first-order valence-electron chi connectivity index (χ1n) is 4.00. The van der Waals surface area contributed by atoms with Gasteiger partial charge >= 0.3 is 0 Å². The smallest absolute Gasteiger partial charge is 0.163 e. The van der Waals surface area contributed by atoms with Gasteiger partial charge in [-0.15, -0.1) is 0 Å². The Morgan fingerprint density at radius 2 is 2.27 bits per heavy atom. The highest BCUT2D eigenvalue weighted by Gasteiger charge is 2.35. The Kier molecular flexibility index (Phi) is 1.60. The molecule has 0 saturated heterocycles. The minimum atomic E-state index is 0.441. The van der Waals surface area contributed by atoms with E-state index in [0.29, 0.717) is 17.1 Å². The molecule has 2 aliphatic carbocycles. The second kappa shape index (κ2) is 2.48. The molecule has 3 heteroatoms. The first-order valence-corrected chi connectivity index (χ1v) is 4.41. The number of fused-ring (bicyclic) bond motifs is 2. The summed E-state index contributed by atoms with van der Waals surface area (Å²) in [6.07, 6.45) is 7.09. The molecule has 0 unspecified atom stereocenters. The molecule has 0 heterocycles. The van der Waals surface area contributed by atoms with Gasteiger partial charge in [0.25, 0.3) is 0 Å². The molecular formula is C8H12N2S. The molecule has 60 valence electrons. The molecule has 0 amide bonds. The van der Waals surface area contributed by atoms with Crippen LogP contribution in [0.1, 0.15) is 12.8 Å². The van der Waals surface area contributed by atoms with Crippen molar-refractivity contribution in [2.45, 2.75) is 18.9 Å². The molecule has 1 fully saturated rings. The zero-order chi connectivity index (χ0) is 7.84. The second-order valence-corrected chi connectivity index (χ2v) is 3.84. The highest BCUT2D eigenvalue weighted by molar-refractivity contribution is 7.80. The van der Waals surface area contributed by atoms with Crippen LogP contribution in [0, 0.1) is 11.8 Å². The van der Waals surface area contributed by atoms with E-state index >= 15 is 0 Å². The quantitative estimate of drug-likeness (QED) is 0.449. The summed E-state index contributed by atoms with van der Waals surface area (Å²) in [7, 11) is 0. The largest absolute Gasteiger partial charge is 0.376 e. The Labute approximate surface area is 71.8 Å². The summed E-state index contributed by atoms with van der Waals surface area (Å²) in [5.74, 6) is 1.47. The van der Waals surface area contributed by atoms with Crippen LogP contribution in [-0.2, 0) is 0 Å². The van der Waals surface area contributed by atoms with Gasteiger partial charge in [-0.05, 0) is 36.9 Å². The third kappa shape index (κ3) is 1.25. The van der Waals surface area contributed by atoms with Crippen LogP contribution in [0.3, 0.4) is 0 Å². The molecule has 3 atom stereocenters. The van der Waals surface area contributed by atoms with Crippen molar-refractivity contribution in [3.05, 3.63) is 12.2 Å². The molecule has 0 aromatic carbocycles. The lowest BCUT2D eigenvalue weighted by molar-refractivity contribution is 0.525. The predicted molar refractivity (Wildman–Crippen MR) is 49.1 cm³/mol. The van der Waals surface area contributed by atoms with Crippen LogP contribution in [0.25, 0.3) is 0 Å². The van der Waals surface area contributed by atoms with Crippen LogP contribution in [0.4, 0.5) is 0 Å². The fourth-order valence-corrected chi connectivity index (χ4v) is 2.28. The summed E-state index contributed by atoms with van der Waals surface area (Å²) >= 11 is 4.79.